The molecule has 5 aromatic rings. The van der Waals surface area contributed by atoms with Crippen LogP contribution in [0.3, 0.4) is 0 Å². The molecule has 0 bridgehead atoms. The molecule has 1 aromatic heterocycles. The highest BCUT2D eigenvalue weighted by molar-refractivity contribution is 7.89. The summed E-state index contributed by atoms with van der Waals surface area (Å²) in [5.74, 6) is -1.08. The van der Waals surface area contributed by atoms with Crippen LogP contribution >= 0.6 is 23.2 Å². The molecule has 5 rings (SSSR count). The highest BCUT2D eigenvalue weighted by atomic mass is 35.5. The van der Waals surface area contributed by atoms with Crippen LogP contribution in [0.5, 0.6) is 17.2 Å². The molecule has 0 aliphatic carbocycles. The second-order valence-corrected chi connectivity index (χ2v) is 13.1. The number of aromatic nitrogens is 1. The number of Topliss-reactive ketones (excluding diaryl/α,β-unsaturated/α-hetero) is 1. The number of halogens is 4. The van der Waals surface area contributed by atoms with Gasteiger partial charge in [-0.3, -0.25) is 9.78 Å². The summed E-state index contributed by atoms with van der Waals surface area (Å²) in [4.78, 5) is 16.3. The highest BCUT2D eigenvalue weighted by Gasteiger charge is 2.30. The summed E-state index contributed by atoms with van der Waals surface area (Å²) in [7, 11) is -4.46. The monoisotopic (exact) mass is 682 g/mol. The summed E-state index contributed by atoms with van der Waals surface area (Å²) in [5, 5.41) is 10.4. The van der Waals surface area contributed by atoms with E-state index in [1.807, 2.05) is 0 Å². The fourth-order valence-corrected chi connectivity index (χ4v) is 6.85. The van der Waals surface area contributed by atoms with Crippen molar-refractivity contribution in [2.45, 2.75) is 30.8 Å². The molecule has 7 nitrogen and oxygen atoms in total. The van der Waals surface area contributed by atoms with Gasteiger partial charge in [-0.2, -0.15) is 4.31 Å². The van der Waals surface area contributed by atoms with Crippen molar-refractivity contribution in [3.8, 4) is 17.2 Å². The molecule has 0 saturated carbocycles. The van der Waals surface area contributed by atoms with Gasteiger partial charge in [-0.05, 0) is 95.9 Å². The van der Waals surface area contributed by atoms with Gasteiger partial charge in [-0.1, -0.05) is 41.4 Å². The number of pyridine rings is 1. The molecule has 1 N–H and O–H groups in total. The number of benzene rings is 4. The van der Waals surface area contributed by atoms with Crippen LogP contribution in [0.25, 0.3) is 0 Å². The lowest BCUT2D eigenvalue weighted by molar-refractivity contribution is 0.0982. The van der Waals surface area contributed by atoms with Crippen LogP contribution < -0.4 is 4.74 Å². The average molecular weight is 684 g/mol. The van der Waals surface area contributed by atoms with Gasteiger partial charge in [0, 0.05) is 42.5 Å². The Kier molecular flexibility index (Phi) is 10.3. The maximum Gasteiger partial charge on any atom is 0.247 e. The second-order valence-electron chi connectivity index (χ2n) is 10.3. The van der Waals surface area contributed by atoms with Crippen molar-refractivity contribution in [1.29, 1.82) is 0 Å². The average Bonchev–Trinajstić information content (AvgIpc) is 3.03. The van der Waals surface area contributed by atoms with Gasteiger partial charge >= 0.3 is 0 Å². The van der Waals surface area contributed by atoms with Crippen molar-refractivity contribution in [3.05, 3.63) is 147 Å². The molecule has 0 aliphatic rings. The zero-order valence-electron chi connectivity index (χ0n) is 24.0. The summed E-state index contributed by atoms with van der Waals surface area (Å²) < 4.78 is 62.4. The molecule has 236 valence electrons. The molecule has 46 heavy (non-hydrogen) atoms. The van der Waals surface area contributed by atoms with Crippen LogP contribution in [-0.2, 0) is 29.5 Å². The van der Waals surface area contributed by atoms with E-state index in [2.05, 4.69) is 4.98 Å². The molecule has 0 radical (unpaired) electrons. The number of nitrogens with zero attached hydrogens (tertiary/aromatic N) is 2. The van der Waals surface area contributed by atoms with Gasteiger partial charge in [0.05, 0.1) is 5.02 Å². The number of phenolic OH excluding ortho intramolecular Hbond substituents is 1. The predicted octanol–water partition coefficient (Wildman–Crippen LogP) is 8.37. The van der Waals surface area contributed by atoms with E-state index in [1.165, 1.54) is 60.8 Å². The molecule has 0 aliphatic heterocycles. The lowest BCUT2D eigenvalue weighted by atomic mass is 10.0. The molecular formula is C34H26Cl2F2N2O5S. The SMILES string of the molecule is O=C(CCc1cc(CN(Cc2ccc(F)cc2)S(=O)(=O)c2cc(Cl)cc(Cl)c2O)cc(Oc2ccc(F)cc2)c1)c1cccnc1. The zero-order chi connectivity index (χ0) is 32.8. The Hall–Kier alpha value is -4.35. The van der Waals surface area contributed by atoms with E-state index in [-0.39, 0.29) is 41.8 Å². The van der Waals surface area contributed by atoms with Crippen LogP contribution in [0.4, 0.5) is 8.78 Å². The Labute approximate surface area is 274 Å². The first-order valence-electron chi connectivity index (χ1n) is 13.9. The Morgan fingerprint density at radius 3 is 2.15 bits per heavy atom. The summed E-state index contributed by atoms with van der Waals surface area (Å²) in [6.45, 7) is -0.433. The highest BCUT2D eigenvalue weighted by Crippen LogP contribution is 2.37. The minimum absolute atomic E-state index is 0.00151. The van der Waals surface area contributed by atoms with E-state index in [4.69, 9.17) is 27.9 Å². The topological polar surface area (TPSA) is 96.8 Å². The van der Waals surface area contributed by atoms with E-state index >= 15 is 0 Å². The Morgan fingerprint density at radius 1 is 0.826 bits per heavy atom. The van der Waals surface area contributed by atoms with Crippen LogP contribution in [0.15, 0.2) is 108 Å². The Morgan fingerprint density at radius 2 is 1.48 bits per heavy atom. The van der Waals surface area contributed by atoms with E-state index < -0.39 is 32.3 Å². The number of ketones is 1. The van der Waals surface area contributed by atoms with Crippen molar-refractivity contribution in [3.63, 3.8) is 0 Å². The second kappa shape index (κ2) is 14.4. The van der Waals surface area contributed by atoms with Crippen molar-refractivity contribution < 1.29 is 31.8 Å². The van der Waals surface area contributed by atoms with Gasteiger partial charge in [0.2, 0.25) is 10.0 Å². The fourth-order valence-electron chi connectivity index (χ4n) is 4.69. The van der Waals surface area contributed by atoms with E-state index in [1.54, 1.807) is 36.5 Å². The number of hydrogen-bond donors (Lipinski definition) is 1. The third kappa shape index (κ3) is 8.27. The minimum Gasteiger partial charge on any atom is -0.505 e. The van der Waals surface area contributed by atoms with Crippen LogP contribution in [-0.4, -0.2) is 28.6 Å². The van der Waals surface area contributed by atoms with Crippen LogP contribution in [0.2, 0.25) is 10.0 Å². The number of aromatic hydroxyl groups is 1. The van der Waals surface area contributed by atoms with Crippen molar-refractivity contribution in [1.82, 2.24) is 9.29 Å². The summed E-state index contributed by atoms with van der Waals surface area (Å²) in [6.07, 6.45) is 3.48. The third-order valence-corrected chi connectivity index (χ3v) is 9.25. The molecule has 0 spiro atoms. The number of phenols is 1. The van der Waals surface area contributed by atoms with Gasteiger partial charge in [0.1, 0.15) is 28.0 Å². The molecule has 0 fully saturated rings. The molecule has 12 heteroatoms. The summed E-state index contributed by atoms with van der Waals surface area (Å²) in [6, 6.07) is 21.4. The number of aryl methyl sites for hydroxylation is 1. The first-order valence-corrected chi connectivity index (χ1v) is 16.1. The number of rotatable bonds is 12. The standard InChI is InChI=1S/C34H26Cl2F2N2O5S/c35-26-17-31(36)34(42)33(18-26)46(43,44)40(20-22-3-6-27(37)7-4-22)21-24-14-23(5-12-32(41)25-2-1-13-39-19-25)15-30(16-24)45-29-10-8-28(38)9-11-29/h1-4,6-11,13-19,42H,5,12,20-21H2. The quantitative estimate of drug-likeness (QED) is 0.133. The molecular weight excluding hydrogens is 657 g/mol. The minimum atomic E-state index is -4.46. The van der Waals surface area contributed by atoms with Crippen molar-refractivity contribution in [2.75, 3.05) is 0 Å². The Bertz CT molecular complexity index is 1960. The molecule has 0 unspecified atom stereocenters. The maximum absolute atomic E-state index is 14.1. The summed E-state index contributed by atoms with van der Waals surface area (Å²) >= 11 is 12.2. The Balaban J connectivity index is 1.53. The van der Waals surface area contributed by atoms with Gasteiger partial charge in [0.15, 0.2) is 11.5 Å². The number of hydrogen-bond acceptors (Lipinski definition) is 6. The third-order valence-electron chi connectivity index (χ3n) is 6.94. The van der Waals surface area contributed by atoms with E-state index in [0.717, 1.165) is 10.4 Å². The predicted molar refractivity (Wildman–Crippen MR) is 171 cm³/mol. The van der Waals surface area contributed by atoms with E-state index in [0.29, 0.717) is 33.8 Å². The number of carbonyl (C=O) groups excluding carboxylic acids is 1. The fraction of sp³-hybridized carbons (Fsp3) is 0.118. The van der Waals surface area contributed by atoms with Crippen LogP contribution in [0.1, 0.15) is 33.5 Å². The smallest absolute Gasteiger partial charge is 0.247 e. The first kappa shape index (κ1) is 33.0. The van der Waals surface area contributed by atoms with Gasteiger partial charge < -0.3 is 9.84 Å². The largest absolute Gasteiger partial charge is 0.505 e. The number of sulfonamides is 1. The maximum atomic E-state index is 14.1. The van der Waals surface area contributed by atoms with Gasteiger partial charge in [0.25, 0.3) is 0 Å². The number of ether oxygens (including phenoxy) is 1. The molecule has 0 saturated heterocycles. The van der Waals surface area contributed by atoms with E-state index in [9.17, 15) is 27.1 Å². The van der Waals surface area contributed by atoms with Crippen molar-refractivity contribution >= 4 is 39.0 Å². The first-order chi connectivity index (χ1) is 22.0. The molecule has 1 heterocycles. The molecule has 0 amide bonds. The zero-order valence-corrected chi connectivity index (χ0v) is 26.4. The van der Waals surface area contributed by atoms with Gasteiger partial charge in [-0.15, -0.1) is 0 Å². The lowest BCUT2D eigenvalue weighted by Gasteiger charge is -2.24. The van der Waals surface area contributed by atoms with Crippen LogP contribution in [0, 0.1) is 11.6 Å². The summed E-state index contributed by atoms with van der Waals surface area (Å²) in [5.41, 5.74) is 2.07. The van der Waals surface area contributed by atoms with Crippen molar-refractivity contribution in [2.24, 2.45) is 0 Å². The lowest BCUT2D eigenvalue weighted by Crippen LogP contribution is -2.30. The van der Waals surface area contributed by atoms with Gasteiger partial charge in [-0.25, -0.2) is 17.2 Å². The number of carbonyl (C=O) groups is 1. The molecule has 0 atom stereocenters. The normalized spacial score (nSPS) is 11.5. The molecule has 4 aromatic carbocycles.